The van der Waals surface area contributed by atoms with Gasteiger partial charge in [0.15, 0.2) is 0 Å². The molecule has 1 atom stereocenters. The zero-order chi connectivity index (χ0) is 13.7. The molecule has 1 unspecified atom stereocenters. The van der Waals surface area contributed by atoms with Crippen molar-refractivity contribution in [1.82, 2.24) is 15.0 Å². The van der Waals surface area contributed by atoms with Crippen molar-refractivity contribution in [2.45, 2.75) is 26.0 Å². The number of ether oxygens (including phenoxy) is 1. The van der Waals surface area contributed by atoms with Crippen LogP contribution in [-0.4, -0.2) is 39.9 Å². The van der Waals surface area contributed by atoms with Crippen molar-refractivity contribution < 1.29 is 9.84 Å². The second-order valence-electron chi connectivity index (χ2n) is 4.71. The third-order valence-corrected chi connectivity index (χ3v) is 2.86. The van der Waals surface area contributed by atoms with E-state index in [-0.39, 0.29) is 0 Å². The highest BCUT2D eigenvalue weighted by molar-refractivity contribution is 5.21. The van der Waals surface area contributed by atoms with Gasteiger partial charge in [-0.1, -0.05) is 35.0 Å². The molecule has 0 fully saturated rings. The molecular formula is C14H19N3O2. The third-order valence-electron chi connectivity index (χ3n) is 2.86. The number of nitrogens with zero attached hydrogens (tertiary/aromatic N) is 3. The van der Waals surface area contributed by atoms with Gasteiger partial charge in [0, 0.05) is 19.7 Å². The topological polar surface area (TPSA) is 60.2 Å². The average Bonchev–Trinajstić information content (AvgIpc) is 2.80. The van der Waals surface area contributed by atoms with Gasteiger partial charge in [0.2, 0.25) is 0 Å². The van der Waals surface area contributed by atoms with Crippen molar-refractivity contribution in [1.29, 1.82) is 0 Å². The maximum absolute atomic E-state index is 9.63. The first-order valence-electron chi connectivity index (χ1n) is 6.29. The standard InChI is InChI=1S/C14H19N3O2/c1-11-3-5-12(6-4-11)8-17-9-13(15-16-17)7-14(18)10-19-2/h3-6,9,14,18H,7-8,10H2,1-2H3. The highest BCUT2D eigenvalue weighted by Crippen LogP contribution is 2.06. The first-order chi connectivity index (χ1) is 9.17. The van der Waals surface area contributed by atoms with Crippen molar-refractivity contribution in [3.8, 4) is 0 Å². The summed E-state index contributed by atoms with van der Waals surface area (Å²) in [5, 5.41) is 17.7. The molecular weight excluding hydrogens is 242 g/mol. The summed E-state index contributed by atoms with van der Waals surface area (Å²) in [4.78, 5) is 0. The van der Waals surface area contributed by atoms with Crippen LogP contribution < -0.4 is 0 Å². The van der Waals surface area contributed by atoms with Crippen LogP contribution in [0, 0.1) is 6.92 Å². The Morgan fingerprint density at radius 1 is 1.32 bits per heavy atom. The summed E-state index contributed by atoms with van der Waals surface area (Å²) in [5.41, 5.74) is 3.20. The van der Waals surface area contributed by atoms with Crippen LogP contribution >= 0.6 is 0 Å². The third kappa shape index (κ3) is 4.15. The summed E-state index contributed by atoms with van der Waals surface area (Å²) in [5.74, 6) is 0. The lowest BCUT2D eigenvalue weighted by molar-refractivity contribution is 0.0644. The van der Waals surface area contributed by atoms with Crippen LogP contribution in [0.4, 0.5) is 0 Å². The van der Waals surface area contributed by atoms with E-state index in [0.717, 1.165) is 5.69 Å². The molecule has 0 saturated heterocycles. The van der Waals surface area contributed by atoms with E-state index in [4.69, 9.17) is 4.74 Å². The van der Waals surface area contributed by atoms with E-state index < -0.39 is 6.10 Å². The van der Waals surface area contributed by atoms with E-state index in [1.807, 2.05) is 6.20 Å². The van der Waals surface area contributed by atoms with E-state index in [2.05, 4.69) is 41.5 Å². The second-order valence-corrected chi connectivity index (χ2v) is 4.71. The lowest BCUT2D eigenvalue weighted by Gasteiger charge is -2.05. The van der Waals surface area contributed by atoms with Gasteiger partial charge >= 0.3 is 0 Å². The Hall–Kier alpha value is -1.72. The second kappa shape index (κ2) is 6.45. The largest absolute Gasteiger partial charge is 0.390 e. The van der Waals surface area contributed by atoms with Gasteiger partial charge in [0.05, 0.1) is 24.9 Å². The molecule has 1 aromatic heterocycles. The van der Waals surface area contributed by atoms with Gasteiger partial charge in [0.1, 0.15) is 0 Å². The van der Waals surface area contributed by atoms with Crippen molar-refractivity contribution >= 4 is 0 Å². The predicted molar refractivity (Wildman–Crippen MR) is 71.9 cm³/mol. The minimum absolute atomic E-state index is 0.310. The fourth-order valence-electron chi connectivity index (χ4n) is 1.88. The molecule has 0 aliphatic heterocycles. The molecule has 1 N–H and O–H groups in total. The lowest BCUT2D eigenvalue weighted by Crippen LogP contribution is -2.17. The minimum atomic E-state index is -0.533. The Morgan fingerprint density at radius 3 is 2.74 bits per heavy atom. The minimum Gasteiger partial charge on any atom is -0.390 e. The van der Waals surface area contributed by atoms with Gasteiger partial charge < -0.3 is 9.84 Å². The van der Waals surface area contributed by atoms with Crippen LogP contribution in [0.5, 0.6) is 0 Å². The highest BCUT2D eigenvalue weighted by atomic mass is 16.5. The zero-order valence-electron chi connectivity index (χ0n) is 11.3. The van der Waals surface area contributed by atoms with Crippen LogP contribution in [-0.2, 0) is 17.7 Å². The molecule has 0 saturated carbocycles. The normalized spacial score (nSPS) is 12.6. The van der Waals surface area contributed by atoms with Gasteiger partial charge in [-0.2, -0.15) is 0 Å². The van der Waals surface area contributed by atoms with Gasteiger partial charge in [-0.3, -0.25) is 0 Å². The Bertz CT molecular complexity index is 508. The smallest absolute Gasteiger partial charge is 0.0853 e. The molecule has 1 aromatic carbocycles. The number of hydrogen-bond acceptors (Lipinski definition) is 4. The lowest BCUT2D eigenvalue weighted by atomic mass is 10.1. The van der Waals surface area contributed by atoms with E-state index >= 15 is 0 Å². The molecule has 1 heterocycles. The van der Waals surface area contributed by atoms with Crippen molar-refractivity contribution in [2.75, 3.05) is 13.7 Å². The van der Waals surface area contributed by atoms with Crippen LogP contribution in [0.2, 0.25) is 0 Å². The van der Waals surface area contributed by atoms with Crippen molar-refractivity contribution in [2.24, 2.45) is 0 Å². The molecule has 2 rings (SSSR count). The summed E-state index contributed by atoms with van der Waals surface area (Å²) in [6.07, 6.45) is 1.79. The molecule has 0 bridgehead atoms. The summed E-state index contributed by atoms with van der Waals surface area (Å²) in [6.45, 7) is 3.06. The summed E-state index contributed by atoms with van der Waals surface area (Å²) in [7, 11) is 1.57. The fraction of sp³-hybridized carbons (Fsp3) is 0.429. The molecule has 5 nitrogen and oxygen atoms in total. The zero-order valence-corrected chi connectivity index (χ0v) is 11.3. The van der Waals surface area contributed by atoms with Gasteiger partial charge in [-0.05, 0) is 12.5 Å². The number of aliphatic hydroxyl groups excluding tert-OH is 1. The molecule has 0 amide bonds. The van der Waals surface area contributed by atoms with E-state index in [0.29, 0.717) is 19.6 Å². The molecule has 5 heteroatoms. The Morgan fingerprint density at radius 2 is 2.05 bits per heavy atom. The summed E-state index contributed by atoms with van der Waals surface area (Å²) < 4.78 is 6.66. The van der Waals surface area contributed by atoms with Crippen LogP contribution in [0.3, 0.4) is 0 Å². The number of methoxy groups -OCH3 is 1. The molecule has 102 valence electrons. The molecule has 0 aliphatic rings. The van der Waals surface area contributed by atoms with E-state index in [1.165, 1.54) is 11.1 Å². The number of aliphatic hydroxyl groups is 1. The van der Waals surface area contributed by atoms with Gasteiger partial charge in [0.25, 0.3) is 0 Å². The molecule has 19 heavy (non-hydrogen) atoms. The molecule has 0 spiro atoms. The number of aromatic nitrogens is 3. The maximum atomic E-state index is 9.63. The first kappa shape index (κ1) is 13.7. The first-order valence-corrected chi connectivity index (χ1v) is 6.29. The highest BCUT2D eigenvalue weighted by Gasteiger charge is 2.08. The summed E-state index contributed by atoms with van der Waals surface area (Å²) in [6, 6.07) is 8.32. The SMILES string of the molecule is COCC(O)Cc1cn(Cc2ccc(C)cc2)nn1. The monoisotopic (exact) mass is 261 g/mol. The number of aryl methyl sites for hydroxylation is 1. The van der Waals surface area contributed by atoms with E-state index in [9.17, 15) is 5.11 Å². The fourth-order valence-corrected chi connectivity index (χ4v) is 1.88. The predicted octanol–water partition coefficient (Wildman–Crippen LogP) is 1.18. The number of rotatable bonds is 6. The Kier molecular flexibility index (Phi) is 4.65. The Balaban J connectivity index is 1.95. The van der Waals surface area contributed by atoms with Crippen molar-refractivity contribution in [3.63, 3.8) is 0 Å². The number of benzene rings is 1. The molecule has 2 aromatic rings. The average molecular weight is 261 g/mol. The quantitative estimate of drug-likeness (QED) is 0.848. The Labute approximate surface area is 112 Å². The maximum Gasteiger partial charge on any atom is 0.0853 e. The van der Waals surface area contributed by atoms with Crippen LogP contribution in [0.25, 0.3) is 0 Å². The van der Waals surface area contributed by atoms with Crippen molar-refractivity contribution in [3.05, 3.63) is 47.3 Å². The van der Waals surface area contributed by atoms with Gasteiger partial charge in [-0.15, -0.1) is 5.10 Å². The number of hydrogen-bond donors (Lipinski definition) is 1. The van der Waals surface area contributed by atoms with Crippen LogP contribution in [0.15, 0.2) is 30.5 Å². The summed E-state index contributed by atoms with van der Waals surface area (Å²) >= 11 is 0. The van der Waals surface area contributed by atoms with E-state index in [1.54, 1.807) is 11.8 Å². The van der Waals surface area contributed by atoms with Crippen LogP contribution in [0.1, 0.15) is 16.8 Å². The molecule has 0 aliphatic carbocycles. The van der Waals surface area contributed by atoms with Gasteiger partial charge in [-0.25, -0.2) is 4.68 Å². The molecule has 0 radical (unpaired) electrons.